The number of esters is 2. The molecule has 0 aliphatic carbocycles. The summed E-state index contributed by atoms with van der Waals surface area (Å²) in [5.41, 5.74) is 2.48. The summed E-state index contributed by atoms with van der Waals surface area (Å²) in [7, 11) is 2.39. The van der Waals surface area contributed by atoms with Crippen LogP contribution in [0.15, 0.2) is 30.6 Å². The summed E-state index contributed by atoms with van der Waals surface area (Å²) in [6.45, 7) is 0.389. The van der Waals surface area contributed by atoms with Gasteiger partial charge in [0, 0.05) is 23.7 Å². The lowest BCUT2D eigenvalue weighted by Crippen LogP contribution is -2.52. The van der Waals surface area contributed by atoms with Crippen molar-refractivity contribution in [2.24, 2.45) is 0 Å². The third-order valence-electron chi connectivity index (χ3n) is 4.75. The molecule has 0 unspecified atom stereocenters. The molecule has 1 aliphatic rings. The van der Waals surface area contributed by atoms with E-state index in [0.29, 0.717) is 18.0 Å². The van der Waals surface area contributed by atoms with E-state index in [0.717, 1.165) is 17.0 Å². The first-order chi connectivity index (χ1) is 13.9. The molecule has 0 fully saturated rings. The Morgan fingerprint density at radius 3 is 2.66 bits per heavy atom. The van der Waals surface area contributed by atoms with Crippen molar-refractivity contribution >= 4 is 29.6 Å². The number of nitrogens with one attached hydrogen (secondary N) is 2. The Labute approximate surface area is 172 Å². The fourth-order valence-electron chi connectivity index (χ4n) is 3.30. The van der Waals surface area contributed by atoms with E-state index < -0.39 is 30.1 Å². The largest absolute Gasteiger partial charge is 0.469 e. The molecule has 2 N–H and O–H groups in total. The van der Waals surface area contributed by atoms with Crippen molar-refractivity contribution in [1.29, 1.82) is 0 Å². The topological polar surface area (TPSA) is 114 Å². The molecule has 154 valence electrons. The van der Waals surface area contributed by atoms with Gasteiger partial charge in [-0.2, -0.15) is 0 Å². The van der Waals surface area contributed by atoms with Crippen molar-refractivity contribution in [1.82, 2.24) is 20.2 Å². The normalized spacial score (nSPS) is 16.5. The first-order valence-corrected chi connectivity index (χ1v) is 9.31. The molecule has 2 aromatic rings. The average molecular weight is 421 g/mol. The van der Waals surface area contributed by atoms with Crippen LogP contribution in [0.5, 0.6) is 0 Å². The molecule has 0 radical (unpaired) electrons. The van der Waals surface area contributed by atoms with E-state index in [9.17, 15) is 14.4 Å². The summed E-state index contributed by atoms with van der Waals surface area (Å²) in [4.78, 5) is 45.8. The Hall–Kier alpha value is -3.07. The number of aromatic amines is 1. The lowest BCUT2D eigenvalue weighted by molar-refractivity contribution is -0.149. The molecule has 0 spiro atoms. The van der Waals surface area contributed by atoms with Gasteiger partial charge in [0.15, 0.2) is 0 Å². The summed E-state index contributed by atoms with van der Waals surface area (Å²) in [6, 6.07) is 4.97. The van der Waals surface area contributed by atoms with Gasteiger partial charge in [-0.25, -0.2) is 14.6 Å². The van der Waals surface area contributed by atoms with E-state index in [1.165, 1.54) is 14.2 Å². The molecule has 9 nitrogen and oxygen atoms in total. The first-order valence-electron chi connectivity index (χ1n) is 8.94. The number of hydrogen-bond acceptors (Lipinski definition) is 6. The second-order valence-corrected chi connectivity index (χ2v) is 6.91. The number of imidazole rings is 1. The van der Waals surface area contributed by atoms with Gasteiger partial charge in [0.25, 0.3) is 0 Å². The number of amides is 2. The van der Waals surface area contributed by atoms with Gasteiger partial charge in [0.05, 0.1) is 32.7 Å². The summed E-state index contributed by atoms with van der Waals surface area (Å²) in [5.74, 6) is -1.37. The number of nitrogens with zero attached hydrogens (tertiary/aromatic N) is 2. The summed E-state index contributed by atoms with van der Waals surface area (Å²) < 4.78 is 9.30. The van der Waals surface area contributed by atoms with Crippen LogP contribution in [0.25, 0.3) is 0 Å². The van der Waals surface area contributed by atoms with E-state index in [2.05, 4.69) is 20.0 Å². The number of rotatable bonds is 5. The summed E-state index contributed by atoms with van der Waals surface area (Å²) in [6.07, 6.45) is 1.83. The highest BCUT2D eigenvalue weighted by atomic mass is 35.5. The van der Waals surface area contributed by atoms with Gasteiger partial charge in [-0.1, -0.05) is 23.7 Å². The highest BCUT2D eigenvalue weighted by Gasteiger charge is 2.36. The Morgan fingerprint density at radius 2 is 2.00 bits per heavy atom. The Morgan fingerprint density at radius 1 is 1.28 bits per heavy atom. The second-order valence-electron chi connectivity index (χ2n) is 6.47. The zero-order valence-electron chi connectivity index (χ0n) is 16.0. The molecular formula is C19H21ClN4O5. The van der Waals surface area contributed by atoms with Crippen LogP contribution in [0.3, 0.4) is 0 Å². The third kappa shape index (κ3) is 4.51. The molecule has 0 saturated heterocycles. The molecule has 10 heteroatoms. The SMILES string of the molecule is COC(=O)C[C@H](NC(=O)N1CCc2[nH]cnc2[C@@H]1c1ccc(Cl)cc1)C(=O)OC. The van der Waals surface area contributed by atoms with Gasteiger partial charge in [-0.05, 0) is 17.7 Å². The quantitative estimate of drug-likeness (QED) is 0.713. The van der Waals surface area contributed by atoms with Crippen LogP contribution >= 0.6 is 11.6 Å². The van der Waals surface area contributed by atoms with Crippen LogP contribution in [-0.2, 0) is 25.5 Å². The maximum atomic E-state index is 13.1. The standard InChI is InChI=1S/C19H21ClN4O5/c1-28-15(25)9-14(18(26)29-2)23-19(27)24-8-7-13-16(22-10-21-13)17(24)11-3-5-12(20)6-4-11/h3-6,10,14,17H,7-9H2,1-2H3,(H,21,22)(H,23,27)/t14-,17-/m0/s1. The maximum absolute atomic E-state index is 13.1. The lowest BCUT2D eigenvalue weighted by Gasteiger charge is -2.36. The maximum Gasteiger partial charge on any atom is 0.329 e. The zero-order chi connectivity index (χ0) is 21.0. The summed E-state index contributed by atoms with van der Waals surface area (Å²) in [5, 5.41) is 3.16. The lowest BCUT2D eigenvalue weighted by atomic mass is 9.96. The van der Waals surface area contributed by atoms with E-state index in [1.54, 1.807) is 23.4 Å². The van der Waals surface area contributed by atoms with Crippen molar-refractivity contribution in [3.05, 3.63) is 52.6 Å². The smallest absolute Gasteiger partial charge is 0.329 e. The number of benzene rings is 1. The average Bonchev–Trinajstić information content (AvgIpc) is 3.21. The number of fused-ring (bicyclic) bond motifs is 1. The molecule has 0 bridgehead atoms. The molecule has 2 heterocycles. The fourth-order valence-corrected chi connectivity index (χ4v) is 3.42. The number of carbonyl (C=O) groups is 3. The Balaban J connectivity index is 1.88. The molecule has 1 aromatic carbocycles. The number of aromatic nitrogens is 2. The molecule has 29 heavy (non-hydrogen) atoms. The van der Waals surface area contributed by atoms with Gasteiger partial charge >= 0.3 is 18.0 Å². The van der Waals surface area contributed by atoms with Crippen molar-refractivity contribution < 1.29 is 23.9 Å². The van der Waals surface area contributed by atoms with Crippen molar-refractivity contribution in [2.45, 2.75) is 24.9 Å². The minimum atomic E-state index is -1.16. The highest BCUT2D eigenvalue weighted by Crippen LogP contribution is 2.33. The van der Waals surface area contributed by atoms with Crippen LogP contribution in [0, 0.1) is 0 Å². The van der Waals surface area contributed by atoms with Gasteiger partial charge in [-0.15, -0.1) is 0 Å². The fraction of sp³-hybridized carbons (Fsp3) is 0.368. The number of methoxy groups -OCH3 is 2. The number of H-pyrrole nitrogens is 1. The first kappa shape index (κ1) is 20.7. The number of halogens is 1. The minimum absolute atomic E-state index is 0.331. The zero-order valence-corrected chi connectivity index (χ0v) is 16.7. The van der Waals surface area contributed by atoms with Crippen molar-refractivity contribution in [3.63, 3.8) is 0 Å². The number of urea groups is 1. The predicted molar refractivity (Wildman–Crippen MR) is 103 cm³/mol. The van der Waals surface area contributed by atoms with Crippen LogP contribution in [0.2, 0.25) is 5.02 Å². The molecular weight excluding hydrogens is 400 g/mol. The van der Waals surface area contributed by atoms with Gasteiger partial charge in [0.1, 0.15) is 12.1 Å². The van der Waals surface area contributed by atoms with Gasteiger partial charge in [0.2, 0.25) is 0 Å². The number of carbonyl (C=O) groups excluding carboxylic acids is 3. The molecule has 1 aliphatic heterocycles. The second kappa shape index (κ2) is 8.95. The monoisotopic (exact) mass is 420 g/mol. The number of hydrogen-bond donors (Lipinski definition) is 2. The molecule has 1 aromatic heterocycles. The van der Waals surface area contributed by atoms with E-state index in [4.69, 9.17) is 16.3 Å². The Bertz CT molecular complexity index is 898. The molecule has 3 rings (SSSR count). The number of ether oxygens (including phenoxy) is 2. The van der Waals surface area contributed by atoms with Crippen molar-refractivity contribution in [2.75, 3.05) is 20.8 Å². The summed E-state index contributed by atoms with van der Waals surface area (Å²) >= 11 is 6.00. The molecule has 2 amide bonds. The van der Waals surface area contributed by atoms with E-state index >= 15 is 0 Å². The van der Waals surface area contributed by atoms with Gasteiger partial charge < -0.3 is 24.7 Å². The van der Waals surface area contributed by atoms with Crippen LogP contribution in [0.1, 0.15) is 29.4 Å². The third-order valence-corrected chi connectivity index (χ3v) is 5.01. The minimum Gasteiger partial charge on any atom is -0.469 e. The van der Waals surface area contributed by atoms with Crippen LogP contribution in [-0.4, -0.2) is 59.6 Å². The van der Waals surface area contributed by atoms with E-state index in [-0.39, 0.29) is 6.42 Å². The van der Waals surface area contributed by atoms with Gasteiger partial charge in [-0.3, -0.25) is 4.79 Å². The van der Waals surface area contributed by atoms with E-state index in [1.807, 2.05) is 12.1 Å². The van der Waals surface area contributed by atoms with Crippen LogP contribution in [0.4, 0.5) is 4.79 Å². The predicted octanol–water partition coefficient (Wildman–Crippen LogP) is 1.82. The highest BCUT2D eigenvalue weighted by molar-refractivity contribution is 6.30. The van der Waals surface area contributed by atoms with Crippen molar-refractivity contribution in [3.8, 4) is 0 Å². The molecule has 2 atom stereocenters. The molecule has 0 saturated carbocycles. The Kier molecular flexibility index (Phi) is 6.38. The van der Waals surface area contributed by atoms with Crippen LogP contribution < -0.4 is 5.32 Å².